The monoisotopic (exact) mass is 408 g/mol. The molecule has 8 heteroatoms. The zero-order chi connectivity index (χ0) is 20.0. The third-order valence-corrected chi connectivity index (χ3v) is 4.81. The van der Waals surface area contributed by atoms with Crippen LogP contribution < -0.4 is 20.5 Å². The van der Waals surface area contributed by atoms with Gasteiger partial charge in [0.2, 0.25) is 0 Å². The normalized spacial score (nSPS) is 12.1. The van der Waals surface area contributed by atoms with Crippen LogP contribution in [0.5, 0.6) is 17.2 Å². The third kappa shape index (κ3) is 3.36. The van der Waals surface area contributed by atoms with E-state index in [4.69, 9.17) is 26.8 Å². The van der Waals surface area contributed by atoms with E-state index >= 15 is 0 Å². The number of rotatable bonds is 4. The Morgan fingerprint density at radius 2 is 2.00 bits per heavy atom. The first kappa shape index (κ1) is 17.5. The van der Waals surface area contributed by atoms with Crippen molar-refractivity contribution >= 4 is 39.7 Å². The fraction of sp³-hybridized carbons (Fsp3) is 0.0476. The topological polar surface area (TPSA) is 82.3 Å². The van der Waals surface area contributed by atoms with Gasteiger partial charge in [0.05, 0.1) is 16.2 Å². The van der Waals surface area contributed by atoms with E-state index in [2.05, 4.69) is 15.3 Å². The standard InChI is InChI=1S/C21H14ClFN4O2/c22-16-5-12(1-2-17(16)23)27-21-15-7-18(24)20(8-19(15)25-10-26-21)29-14-4-11-3-13(6-14)28-9-11/h1-8,10H,9,24H2,(H,25,26,27). The van der Waals surface area contributed by atoms with Crippen LogP contribution in [0.25, 0.3) is 10.9 Å². The molecule has 1 aromatic heterocycles. The van der Waals surface area contributed by atoms with Crippen LogP contribution in [0, 0.1) is 5.82 Å². The van der Waals surface area contributed by atoms with E-state index in [9.17, 15) is 4.39 Å². The van der Waals surface area contributed by atoms with Crippen LogP contribution in [-0.2, 0) is 6.61 Å². The van der Waals surface area contributed by atoms with Gasteiger partial charge in [0.25, 0.3) is 0 Å². The summed E-state index contributed by atoms with van der Waals surface area (Å²) in [5, 5.41) is 3.83. The van der Waals surface area contributed by atoms with Gasteiger partial charge < -0.3 is 20.5 Å². The van der Waals surface area contributed by atoms with E-state index in [1.807, 2.05) is 18.2 Å². The summed E-state index contributed by atoms with van der Waals surface area (Å²) in [5.74, 6) is 1.93. The number of aromatic nitrogens is 2. The van der Waals surface area contributed by atoms with Crippen molar-refractivity contribution in [1.82, 2.24) is 9.97 Å². The molecule has 4 aromatic rings. The number of fused-ring (bicyclic) bond motifs is 3. The lowest BCUT2D eigenvalue weighted by Gasteiger charge is -2.12. The zero-order valence-electron chi connectivity index (χ0n) is 14.9. The van der Waals surface area contributed by atoms with Gasteiger partial charge in [0, 0.05) is 23.2 Å². The van der Waals surface area contributed by atoms with E-state index in [0.717, 1.165) is 11.3 Å². The molecule has 6 nitrogen and oxygen atoms in total. The largest absolute Gasteiger partial charge is 0.489 e. The van der Waals surface area contributed by atoms with Crippen LogP contribution in [0.3, 0.4) is 0 Å². The Morgan fingerprint density at radius 3 is 2.83 bits per heavy atom. The number of halogens is 2. The van der Waals surface area contributed by atoms with Crippen LogP contribution >= 0.6 is 11.6 Å². The summed E-state index contributed by atoms with van der Waals surface area (Å²) in [6, 6.07) is 13.5. The van der Waals surface area contributed by atoms with Crippen molar-refractivity contribution in [3.8, 4) is 17.2 Å². The molecule has 0 atom stereocenters. The molecule has 3 N–H and O–H groups in total. The fourth-order valence-corrected chi connectivity index (χ4v) is 3.33. The molecular formula is C21H14ClFN4O2. The molecule has 3 aromatic carbocycles. The number of nitrogens with zero attached hydrogens (tertiary/aromatic N) is 2. The van der Waals surface area contributed by atoms with Crippen molar-refractivity contribution in [3.05, 3.63) is 71.3 Å². The molecular weight excluding hydrogens is 395 g/mol. The SMILES string of the molecule is Nc1cc2c(Nc3ccc(F)c(Cl)c3)ncnc2cc1Oc1cc2cc(c1)OC2. The molecule has 29 heavy (non-hydrogen) atoms. The maximum atomic E-state index is 13.4. The zero-order valence-corrected chi connectivity index (χ0v) is 15.7. The highest BCUT2D eigenvalue weighted by molar-refractivity contribution is 6.31. The number of hydrogen-bond donors (Lipinski definition) is 2. The summed E-state index contributed by atoms with van der Waals surface area (Å²) < 4.78 is 24.8. The molecule has 0 saturated heterocycles. The number of nitrogens with one attached hydrogen (secondary N) is 1. The van der Waals surface area contributed by atoms with Gasteiger partial charge in [-0.2, -0.15) is 0 Å². The molecule has 2 heterocycles. The van der Waals surface area contributed by atoms with Gasteiger partial charge in [-0.25, -0.2) is 14.4 Å². The number of benzene rings is 3. The highest BCUT2D eigenvalue weighted by Gasteiger charge is 2.14. The summed E-state index contributed by atoms with van der Waals surface area (Å²) in [4.78, 5) is 8.58. The lowest BCUT2D eigenvalue weighted by molar-refractivity contribution is 0.327. The van der Waals surface area contributed by atoms with Crippen molar-refractivity contribution in [2.75, 3.05) is 11.1 Å². The van der Waals surface area contributed by atoms with E-state index in [-0.39, 0.29) is 5.02 Å². The van der Waals surface area contributed by atoms with Crippen LogP contribution in [-0.4, -0.2) is 9.97 Å². The molecule has 5 rings (SSSR count). The Morgan fingerprint density at radius 1 is 1.10 bits per heavy atom. The predicted molar refractivity (Wildman–Crippen MR) is 109 cm³/mol. The van der Waals surface area contributed by atoms with Crippen molar-refractivity contribution in [1.29, 1.82) is 0 Å². The number of ether oxygens (including phenoxy) is 2. The molecule has 0 amide bonds. The maximum absolute atomic E-state index is 13.4. The highest BCUT2D eigenvalue weighted by atomic mass is 35.5. The third-order valence-electron chi connectivity index (χ3n) is 4.52. The van der Waals surface area contributed by atoms with E-state index in [1.54, 1.807) is 18.2 Å². The van der Waals surface area contributed by atoms with E-state index in [0.29, 0.717) is 46.2 Å². The number of nitrogen functional groups attached to an aromatic ring is 1. The van der Waals surface area contributed by atoms with Crippen LogP contribution in [0.2, 0.25) is 5.02 Å². The molecule has 0 unspecified atom stereocenters. The highest BCUT2D eigenvalue weighted by Crippen LogP contribution is 2.37. The van der Waals surface area contributed by atoms with Crippen molar-refractivity contribution in [3.63, 3.8) is 0 Å². The van der Waals surface area contributed by atoms with Crippen LogP contribution in [0.1, 0.15) is 5.56 Å². The lowest BCUT2D eigenvalue weighted by atomic mass is 10.2. The molecule has 144 valence electrons. The average molecular weight is 409 g/mol. The minimum absolute atomic E-state index is 0.0199. The smallest absolute Gasteiger partial charge is 0.152 e. The molecule has 0 fully saturated rings. The molecule has 0 radical (unpaired) electrons. The Labute approximate surface area is 170 Å². The van der Waals surface area contributed by atoms with Crippen LogP contribution in [0.4, 0.5) is 21.6 Å². The van der Waals surface area contributed by atoms with Gasteiger partial charge in [0.1, 0.15) is 36.1 Å². The summed E-state index contributed by atoms with van der Waals surface area (Å²) in [7, 11) is 0. The van der Waals surface area contributed by atoms with Gasteiger partial charge in [-0.3, -0.25) is 0 Å². The Hall–Kier alpha value is -3.58. The van der Waals surface area contributed by atoms with Gasteiger partial charge in [0.15, 0.2) is 5.75 Å². The minimum atomic E-state index is -0.489. The molecule has 0 aliphatic carbocycles. The Kier molecular flexibility index (Phi) is 4.10. The Bertz CT molecular complexity index is 1240. The average Bonchev–Trinajstić information content (AvgIpc) is 3.04. The van der Waals surface area contributed by atoms with Gasteiger partial charge in [-0.15, -0.1) is 0 Å². The molecule has 0 saturated carbocycles. The second kappa shape index (κ2) is 6.79. The lowest BCUT2D eigenvalue weighted by Crippen LogP contribution is -1.99. The second-order valence-electron chi connectivity index (χ2n) is 6.59. The van der Waals surface area contributed by atoms with Crippen molar-refractivity contribution in [2.45, 2.75) is 6.61 Å². The number of anilines is 3. The molecule has 2 bridgehead atoms. The molecule has 0 spiro atoms. The first-order valence-electron chi connectivity index (χ1n) is 8.76. The van der Waals surface area contributed by atoms with E-state index < -0.39 is 5.82 Å². The van der Waals surface area contributed by atoms with Crippen molar-refractivity contribution in [2.24, 2.45) is 0 Å². The number of hydrogen-bond acceptors (Lipinski definition) is 6. The van der Waals surface area contributed by atoms with Gasteiger partial charge >= 0.3 is 0 Å². The minimum Gasteiger partial charge on any atom is -0.489 e. The fourth-order valence-electron chi connectivity index (χ4n) is 3.15. The number of nitrogens with two attached hydrogens (primary N) is 1. The Balaban J connectivity index is 1.49. The maximum Gasteiger partial charge on any atom is 0.152 e. The van der Waals surface area contributed by atoms with Crippen LogP contribution in [0.15, 0.2) is 54.9 Å². The quantitative estimate of drug-likeness (QED) is 0.438. The first-order chi connectivity index (χ1) is 14.0. The summed E-state index contributed by atoms with van der Waals surface area (Å²) >= 11 is 5.85. The predicted octanol–water partition coefficient (Wildman–Crippen LogP) is 5.43. The van der Waals surface area contributed by atoms with Gasteiger partial charge in [-0.05, 0) is 42.0 Å². The summed E-state index contributed by atoms with van der Waals surface area (Å²) in [6.45, 7) is 0.543. The molecule has 1 aliphatic rings. The second-order valence-corrected chi connectivity index (χ2v) is 6.99. The summed E-state index contributed by atoms with van der Waals surface area (Å²) in [5.41, 5.74) is 8.93. The van der Waals surface area contributed by atoms with Gasteiger partial charge in [-0.1, -0.05) is 11.6 Å². The molecule has 1 aliphatic heterocycles. The summed E-state index contributed by atoms with van der Waals surface area (Å²) in [6.07, 6.45) is 1.43. The first-order valence-corrected chi connectivity index (χ1v) is 9.14. The van der Waals surface area contributed by atoms with E-state index in [1.165, 1.54) is 18.5 Å². The van der Waals surface area contributed by atoms with Crippen molar-refractivity contribution < 1.29 is 13.9 Å².